The summed E-state index contributed by atoms with van der Waals surface area (Å²) in [6, 6.07) is 39.8. The summed E-state index contributed by atoms with van der Waals surface area (Å²) >= 11 is 5.83. The van der Waals surface area contributed by atoms with E-state index >= 15 is 0 Å². The summed E-state index contributed by atoms with van der Waals surface area (Å²) in [7, 11) is 0. The van der Waals surface area contributed by atoms with Crippen molar-refractivity contribution in [2.75, 3.05) is 0 Å². The van der Waals surface area contributed by atoms with Crippen LogP contribution in [0.3, 0.4) is 0 Å². The zero-order chi connectivity index (χ0) is 32.4. The van der Waals surface area contributed by atoms with Crippen LogP contribution < -0.4 is 0 Å². The summed E-state index contributed by atoms with van der Waals surface area (Å²) in [5.74, 6) is 0. The highest BCUT2D eigenvalue weighted by Crippen LogP contribution is 2.59. The highest BCUT2D eigenvalue weighted by molar-refractivity contribution is 7.21. The molecule has 12 aromatic carbocycles. The van der Waals surface area contributed by atoms with E-state index in [1.807, 2.05) is 34.0 Å². The molecule has 15 rings (SSSR count). The Labute approximate surface area is 300 Å². The second-order valence-electron chi connectivity index (χ2n) is 14.7. The van der Waals surface area contributed by atoms with Crippen LogP contribution >= 0.6 is 34.0 Å². The Morgan fingerprint density at radius 2 is 0.686 bits per heavy atom. The number of fused-ring (bicyclic) bond motifs is 14. The topological polar surface area (TPSA) is 0 Å². The fraction of sp³-hybridized carbons (Fsp3) is 0. The van der Waals surface area contributed by atoms with Crippen molar-refractivity contribution >= 4 is 183 Å². The fourth-order valence-electron chi connectivity index (χ4n) is 10.6. The first kappa shape index (κ1) is 25.4. The average Bonchev–Trinajstić information content (AvgIpc) is 3.94. The van der Waals surface area contributed by atoms with Crippen LogP contribution in [0.15, 0.2) is 119 Å². The van der Waals surface area contributed by atoms with Crippen LogP contribution in [0.5, 0.6) is 0 Å². The van der Waals surface area contributed by atoms with E-state index in [1.165, 1.54) is 149 Å². The number of thiophene rings is 3. The molecule has 0 unspecified atom stereocenters. The fourth-order valence-corrected chi connectivity index (χ4v) is 14.1. The minimum Gasteiger partial charge on any atom is -0.142 e. The lowest BCUT2D eigenvalue weighted by molar-refractivity contribution is 1.82. The molecule has 0 aliphatic carbocycles. The van der Waals surface area contributed by atoms with Crippen LogP contribution in [0.25, 0.3) is 149 Å². The molecule has 3 aromatic heterocycles. The lowest BCUT2D eigenvalue weighted by atomic mass is 9.79. The lowest BCUT2D eigenvalue weighted by Crippen LogP contribution is -1.94. The first-order chi connectivity index (χ1) is 25.3. The molecule has 0 atom stereocenters. The quantitative estimate of drug-likeness (QED) is 0.110. The van der Waals surface area contributed by atoms with E-state index in [1.54, 1.807) is 0 Å². The molecule has 0 spiro atoms. The van der Waals surface area contributed by atoms with Crippen LogP contribution in [0.2, 0.25) is 0 Å². The predicted molar refractivity (Wildman–Crippen MR) is 230 cm³/mol. The monoisotopic (exact) mass is 692 g/mol. The third kappa shape index (κ3) is 2.63. The number of rotatable bonds is 0. The van der Waals surface area contributed by atoms with E-state index in [0.717, 1.165) is 0 Å². The van der Waals surface area contributed by atoms with Crippen LogP contribution in [-0.2, 0) is 0 Å². The Bertz CT molecular complexity index is 4010. The Hall–Kier alpha value is -5.58. The molecule has 0 N–H and O–H groups in total. The SMILES string of the molecule is c1ccc2c(c1)cc1cc2c2scc3c4cc5ccccc5c5c6scc7c8cc9ccccc9c9c%10scc1c%10c1cc(c32)c(c45)c(c76)c1c89. The maximum absolute atomic E-state index is 2.64. The zero-order valence-electron chi connectivity index (χ0n) is 26.8. The molecule has 3 heteroatoms. The predicted octanol–water partition coefficient (Wildman–Crippen LogP) is 15.8. The normalized spacial score (nSPS) is 13.5. The molecular weight excluding hydrogens is 673 g/mol. The number of benzene rings is 11. The maximum Gasteiger partial charge on any atom is 0.0440 e. The molecule has 0 amide bonds. The molecular formula is C48H20S3. The summed E-state index contributed by atoms with van der Waals surface area (Å²) < 4.78 is 4.24. The van der Waals surface area contributed by atoms with Crippen LogP contribution in [0, 0.1) is 0 Å². The highest BCUT2D eigenvalue weighted by Gasteiger charge is 2.29. The van der Waals surface area contributed by atoms with E-state index < -0.39 is 0 Å². The summed E-state index contributed by atoms with van der Waals surface area (Å²) in [4.78, 5) is 0. The van der Waals surface area contributed by atoms with Crippen molar-refractivity contribution in [1.82, 2.24) is 0 Å². The van der Waals surface area contributed by atoms with Crippen molar-refractivity contribution in [1.29, 1.82) is 0 Å². The number of hydrogen-bond donors (Lipinski definition) is 0. The van der Waals surface area contributed by atoms with Crippen LogP contribution in [0.4, 0.5) is 0 Å². The molecule has 51 heavy (non-hydrogen) atoms. The maximum atomic E-state index is 2.64. The van der Waals surface area contributed by atoms with Crippen LogP contribution in [-0.4, -0.2) is 0 Å². The summed E-state index contributed by atoms with van der Waals surface area (Å²) in [6.45, 7) is 0. The number of hydrogen-bond acceptors (Lipinski definition) is 3. The molecule has 0 aliphatic heterocycles. The second-order valence-corrected chi connectivity index (χ2v) is 17.3. The van der Waals surface area contributed by atoms with Gasteiger partial charge in [-0.15, -0.1) is 34.0 Å². The summed E-state index contributed by atoms with van der Waals surface area (Å²) in [5.41, 5.74) is 0. The van der Waals surface area contributed by atoms with Crippen molar-refractivity contribution < 1.29 is 0 Å². The first-order valence-electron chi connectivity index (χ1n) is 17.6. The van der Waals surface area contributed by atoms with Gasteiger partial charge in [0.1, 0.15) is 0 Å². The van der Waals surface area contributed by atoms with Gasteiger partial charge in [-0.25, -0.2) is 0 Å². The minimum absolute atomic E-state index is 1.31. The molecule has 0 saturated heterocycles. The van der Waals surface area contributed by atoms with Gasteiger partial charge in [0, 0.05) is 78.7 Å². The van der Waals surface area contributed by atoms with E-state index in [0.29, 0.717) is 0 Å². The van der Waals surface area contributed by atoms with E-state index in [9.17, 15) is 0 Å². The van der Waals surface area contributed by atoms with Gasteiger partial charge in [-0.1, -0.05) is 72.8 Å². The van der Waals surface area contributed by atoms with Gasteiger partial charge in [0.2, 0.25) is 0 Å². The molecule has 230 valence electrons. The Morgan fingerprint density at radius 3 is 1.35 bits per heavy atom. The van der Waals surface area contributed by atoms with Crippen molar-refractivity contribution in [3.8, 4) is 0 Å². The molecule has 0 nitrogen and oxygen atoms in total. The van der Waals surface area contributed by atoms with Gasteiger partial charge < -0.3 is 0 Å². The third-order valence-corrected chi connectivity index (χ3v) is 15.5. The smallest absolute Gasteiger partial charge is 0.0440 e. The molecule has 0 fully saturated rings. The molecule has 15 aromatic rings. The van der Waals surface area contributed by atoms with E-state index in [-0.39, 0.29) is 0 Å². The average molecular weight is 693 g/mol. The minimum atomic E-state index is 1.31. The van der Waals surface area contributed by atoms with Gasteiger partial charge in [-0.3, -0.25) is 0 Å². The summed E-state index contributed by atoms with van der Waals surface area (Å²) in [6.07, 6.45) is 0. The van der Waals surface area contributed by atoms with Gasteiger partial charge in [0.25, 0.3) is 0 Å². The first-order valence-corrected chi connectivity index (χ1v) is 20.2. The highest BCUT2D eigenvalue weighted by atomic mass is 32.1. The van der Waals surface area contributed by atoms with Crippen molar-refractivity contribution in [3.05, 3.63) is 119 Å². The third-order valence-electron chi connectivity index (χ3n) is 12.5. The molecule has 0 saturated carbocycles. The molecule has 3 heterocycles. The zero-order valence-corrected chi connectivity index (χ0v) is 29.2. The van der Waals surface area contributed by atoms with Crippen molar-refractivity contribution in [2.45, 2.75) is 0 Å². The van der Waals surface area contributed by atoms with E-state index in [2.05, 4.69) is 119 Å². The second kappa shape index (κ2) is 8.14. The Morgan fingerprint density at radius 1 is 0.235 bits per heavy atom. The van der Waals surface area contributed by atoms with Gasteiger partial charge in [-0.05, 0) is 116 Å². The van der Waals surface area contributed by atoms with E-state index in [4.69, 9.17) is 0 Å². The Kier molecular flexibility index (Phi) is 4.05. The van der Waals surface area contributed by atoms with Crippen molar-refractivity contribution in [3.63, 3.8) is 0 Å². The van der Waals surface area contributed by atoms with Crippen molar-refractivity contribution in [2.24, 2.45) is 0 Å². The summed E-state index contributed by atoms with van der Waals surface area (Å²) in [5, 5.41) is 42.3. The lowest BCUT2D eigenvalue weighted by Gasteiger charge is -2.23. The van der Waals surface area contributed by atoms with Gasteiger partial charge in [0.15, 0.2) is 0 Å². The van der Waals surface area contributed by atoms with Gasteiger partial charge in [-0.2, -0.15) is 0 Å². The van der Waals surface area contributed by atoms with Gasteiger partial charge >= 0.3 is 0 Å². The van der Waals surface area contributed by atoms with Crippen LogP contribution in [0.1, 0.15) is 0 Å². The van der Waals surface area contributed by atoms with Gasteiger partial charge in [0.05, 0.1) is 0 Å². The Balaban J connectivity index is 1.45. The molecule has 4 bridgehead atoms. The molecule has 0 radical (unpaired) electrons. The molecule has 0 aliphatic rings. The largest absolute Gasteiger partial charge is 0.142 e. The standard InChI is InChI=1S/C48H20S3/c1-4-10-25-21(7-1)13-24-16-30(25)46-37-32-17-31-36-33(24)18-50-47(36)42-26-11-5-2-9-23(26)15-29-35-20-51-48-43-27-12-6-3-8-22(27)14-28(34(37)19-49-46)38(43)41(32)45(44(35)48)40(31)39(29)42/h1-20H.